The van der Waals surface area contributed by atoms with Gasteiger partial charge in [0.2, 0.25) is 0 Å². The van der Waals surface area contributed by atoms with Crippen molar-refractivity contribution in [3.05, 3.63) is 30.2 Å². The van der Waals surface area contributed by atoms with Gasteiger partial charge in [-0.25, -0.2) is 4.98 Å². The molecule has 2 rings (SSSR count). The Balaban J connectivity index is 2.30. The molecule has 0 saturated carbocycles. The van der Waals surface area contributed by atoms with E-state index in [1.54, 1.807) is 6.07 Å². The molecule has 0 aliphatic rings. The van der Waals surface area contributed by atoms with Gasteiger partial charge >= 0.3 is 0 Å². The summed E-state index contributed by atoms with van der Waals surface area (Å²) in [5.41, 5.74) is 2.13. The average Bonchev–Trinajstić information content (AvgIpc) is 2.81. The van der Waals surface area contributed by atoms with Crippen LogP contribution in [0.5, 0.6) is 0 Å². The fourth-order valence-electron chi connectivity index (χ4n) is 2.07. The van der Waals surface area contributed by atoms with Crippen LogP contribution < -0.4 is 5.32 Å². The zero-order valence-corrected chi connectivity index (χ0v) is 10.9. The molecule has 1 N–H and O–H groups in total. The third-order valence-corrected chi connectivity index (χ3v) is 3.18. The van der Waals surface area contributed by atoms with E-state index in [1.165, 1.54) is 6.39 Å². The molecule has 18 heavy (non-hydrogen) atoms. The van der Waals surface area contributed by atoms with Crippen LogP contribution in [0.15, 0.2) is 29.0 Å². The predicted molar refractivity (Wildman–Crippen MR) is 70.6 cm³/mol. The fraction of sp³-hybridized carbons (Fsp3) is 0.429. The quantitative estimate of drug-likeness (QED) is 0.823. The topological polar surface area (TPSA) is 55.1 Å². The SMILES string of the molecule is CNCC(C(=O)c1ccc2ncoc2c1)C(C)C. The zero-order chi connectivity index (χ0) is 13.1. The fourth-order valence-corrected chi connectivity index (χ4v) is 2.07. The van der Waals surface area contributed by atoms with Gasteiger partial charge in [-0.1, -0.05) is 13.8 Å². The molecular weight excluding hydrogens is 228 g/mol. The van der Waals surface area contributed by atoms with Crippen LogP contribution in [0.3, 0.4) is 0 Å². The first-order valence-corrected chi connectivity index (χ1v) is 6.15. The molecule has 0 saturated heterocycles. The molecule has 4 nitrogen and oxygen atoms in total. The molecule has 1 aromatic carbocycles. The Morgan fingerprint density at radius 3 is 2.89 bits per heavy atom. The number of nitrogens with one attached hydrogen (secondary N) is 1. The molecule has 0 amide bonds. The number of rotatable bonds is 5. The van der Waals surface area contributed by atoms with Crippen LogP contribution in [0.1, 0.15) is 24.2 Å². The van der Waals surface area contributed by atoms with Gasteiger partial charge in [0.1, 0.15) is 5.52 Å². The van der Waals surface area contributed by atoms with E-state index < -0.39 is 0 Å². The molecular formula is C14H18N2O2. The summed E-state index contributed by atoms with van der Waals surface area (Å²) in [5, 5.41) is 3.08. The van der Waals surface area contributed by atoms with Crippen molar-refractivity contribution in [2.45, 2.75) is 13.8 Å². The summed E-state index contributed by atoms with van der Waals surface area (Å²) in [7, 11) is 1.86. The van der Waals surface area contributed by atoms with Gasteiger partial charge in [0.05, 0.1) is 0 Å². The lowest BCUT2D eigenvalue weighted by Crippen LogP contribution is -2.30. The normalized spacial score (nSPS) is 13.1. The van der Waals surface area contributed by atoms with Crippen molar-refractivity contribution in [3.8, 4) is 0 Å². The second-order valence-corrected chi connectivity index (χ2v) is 4.81. The molecule has 1 unspecified atom stereocenters. The lowest BCUT2D eigenvalue weighted by Gasteiger charge is -2.19. The first-order chi connectivity index (χ1) is 8.63. The van der Waals surface area contributed by atoms with E-state index in [-0.39, 0.29) is 11.7 Å². The number of aromatic nitrogens is 1. The van der Waals surface area contributed by atoms with Crippen molar-refractivity contribution in [2.75, 3.05) is 13.6 Å². The predicted octanol–water partition coefficient (Wildman–Crippen LogP) is 2.50. The van der Waals surface area contributed by atoms with E-state index in [1.807, 2.05) is 19.2 Å². The second kappa shape index (κ2) is 5.31. The number of carbonyl (C=O) groups excluding carboxylic acids is 1. The maximum absolute atomic E-state index is 12.4. The van der Waals surface area contributed by atoms with Crippen LogP contribution in [0.2, 0.25) is 0 Å². The second-order valence-electron chi connectivity index (χ2n) is 4.81. The molecule has 1 aromatic heterocycles. The van der Waals surface area contributed by atoms with Crippen LogP contribution >= 0.6 is 0 Å². The number of Topliss-reactive ketones (excluding diaryl/α,β-unsaturated/α-hetero) is 1. The number of hydrogen-bond donors (Lipinski definition) is 1. The summed E-state index contributed by atoms with van der Waals surface area (Å²) in [6.07, 6.45) is 1.40. The Morgan fingerprint density at radius 1 is 1.44 bits per heavy atom. The molecule has 2 aromatic rings. The van der Waals surface area contributed by atoms with Crippen LogP contribution in [-0.2, 0) is 0 Å². The molecule has 0 bridgehead atoms. The van der Waals surface area contributed by atoms with E-state index in [0.717, 1.165) is 5.52 Å². The van der Waals surface area contributed by atoms with Crippen molar-refractivity contribution in [1.29, 1.82) is 0 Å². The van der Waals surface area contributed by atoms with Crippen LogP contribution in [0, 0.1) is 11.8 Å². The molecule has 1 atom stereocenters. The van der Waals surface area contributed by atoms with Gasteiger partial charge in [-0.2, -0.15) is 0 Å². The number of fused-ring (bicyclic) bond motifs is 1. The summed E-state index contributed by atoms with van der Waals surface area (Å²) in [6.45, 7) is 4.81. The molecule has 4 heteroatoms. The highest BCUT2D eigenvalue weighted by Gasteiger charge is 2.23. The number of ketones is 1. The van der Waals surface area contributed by atoms with E-state index in [9.17, 15) is 4.79 Å². The van der Waals surface area contributed by atoms with Gasteiger partial charge in [0, 0.05) is 18.0 Å². The minimum absolute atomic E-state index is 0.0182. The summed E-state index contributed by atoms with van der Waals surface area (Å²) in [6, 6.07) is 5.41. The summed E-state index contributed by atoms with van der Waals surface area (Å²) >= 11 is 0. The van der Waals surface area contributed by atoms with Crippen molar-refractivity contribution in [3.63, 3.8) is 0 Å². The van der Waals surface area contributed by atoms with E-state index in [0.29, 0.717) is 23.6 Å². The van der Waals surface area contributed by atoms with Crippen LogP contribution in [0.4, 0.5) is 0 Å². The lowest BCUT2D eigenvalue weighted by molar-refractivity contribution is 0.0886. The molecule has 0 aliphatic carbocycles. The number of nitrogens with zero attached hydrogens (tertiary/aromatic N) is 1. The van der Waals surface area contributed by atoms with Gasteiger partial charge in [-0.3, -0.25) is 4.79 Å². The van der Waals surface area contributed by atoms with Gasteiger partial charge < -0.3 is 9.73 Å². The molecule has 0 aliphatic heterocycles. The van der Waals surface area contributed by atoms with Crippen LogP contribution in [-0.4, -0.2) is 24.4 Å². The standard InChI is InChI=1S/C14H18N2O2/c1-9(2)11(7-15-3)14(17)10-4-5-12-13(6-10)18-8-16-12/h4-6,8-9,11,15H,7H2,1-3H3. The first kappa shape index (κ1) is 12.8. The van der Waals surface area contributed by atoms with Crippen molar-refractivity contribution < 1.29 is 9.21 Å². The maximum Gasteiger partial charge on any atom is 0.181 e. The minimum Gasteiger partial charge on any atom is -0.443 e. The minimum atomic E-state index is -0.0182. The smallest absolute Gasteiger partial charge is 0.181 e. The maximum atomic E-state index is 12.4. The Labute approximate surface area is 106 Å². The van der Waals surface area contributed by atoms with Gasteiger partial charge in [-0.05, 0) is 31.2 Å². The van der Waals surface area contributed by atoms with Crippen LogP contribution in [0.25, 0.3) is 11.1 Å². The van der Waals surface area contributed by atoms with Crippen molar-refractivity contribution in [1.82, 2.24) is 10.3 Å². The zero-order valence-electron chi connectivity index (χ0n) is 10.9. The number of hydrogen-bond acceptors (Lipinski definition) is 4. The molecule has 0 spiro atoms. The molecule has 1 heterocycles. The van der Waals surface area contributed by atoms with E-state index >= 15 is 0 Å². The van der Waals surface area contributed by atoms with Gasteiger partial charge in [0.25, 0.3) is 0 Å². The van der Waals surface area contributed by atoms with Crippen molar-refractivity contribution in [2.24, 2.45) is 11.8 Å². The monoisotopic (exact) mass is 246 g/mol. The summed E-state index contributed by atoms with van der Waals surface area (Å²) in [4.78, 5) is 16.5. The Hall–Kier alpha value is -1.68. The molecule has 0 radical (unpaired) electrons. The molecule has 96 valence electrons. The highest BCUT2D eigenvalue weighted by Crippen LogP contribution is 2.20. The van der Waals surface area contributed by atoms with E-state index in [4.69, 9.17) is 4.42 Å². The Morgan fingerprint density at radius 2 is 2.22 bits per heavy atom. The van der Waals surface area contributed by atoms with Crippen molar-refractivity contribution >= 4 is 16.9 Å². The summed E-state index contributed by atoms with van der Waals surface area (Å²) < 4.78 is 5.23. The molecule has 0 fully saturated rings. The lowest BCUT2D eigenvalue weighted by atomic mass is 9.88. The third kappa shape index (κ3) is 2.43. The van der Waals surface area contributed by atoms with E-state index in [2.05, 4.69) is 24.1 Å². The highest BCUT2D eigenvalue weighted by molar-refractivity contribution is 6.00. The highest BCUT2D eigenvalue weighted by atomic mass is 16.3. The Bertz CT molecular complexity index is 545. The van der Waals surface area contributed by atoms with Gasteiger partial charge in [-0.15, -0.1) is 0 Å². The van der Waals surface area contributed by atoms with Gasteiger partial charge in [0.15, 0.2) is 17.8 Å². The number of carbonyl (C=O) groups is 1. The first-order valence-electron chi connectivity index (χ1n) is 6.15. The third-order valence-electron chi connectivity index (χ3n) is 3.18. The summed E-state index contributed by atoms with van der Waals surface area (Å²) in [5.74, 6) is 0.434. The number of oxazole rings is 1. The average molecular weight is 246 g/mol. The number of benzene rings is 1. The Kier molecular flexibility index (Phi) is 3.77. The largest absolute Gasteiger partial charge is 0.443 e.